The zero-order chi connectivity index (χ0) is 35.9. The van der Waals surface area contributed by atoms with E-state index in [0.717, 1.165) is 45.3 Å². The number of likely N-dealkylation sites (N-methyl/N-ethyl adjacent to an activating group) is 2. The maximum atomic E-state index is 13.8. The van der Waals surface area contributed by atoms with E-state index in [9.17, 15) is 19.5 Å². The molecule has 12 heteroatoms. The predicted octanol–water partition coefficient (Wildman–Crippen LogP) is 2.71. The van der Waals surface area contributed by atoms with E-state index >= 15 is 0 Å². The Morgan fingerprint density at radius 1 is 1.08 bits per heavy atom. The zero-order valence-electron chi connectivity index (χ0n) is 31.6. The van der Waals surface area contributed by atoms with Gasteiger partial charge in [0, 0.05) is 50.7 Å². The minimum absolute atomic E-state index is 0.0789. The number of piperidine rings is 1. The van der Waals surface area contributed by atoms with Crippen molar-refractivity contribution in [2.45, 2.75) is 111 Å². The minimum atomic E-state index is -1.47. The number of esters is 1. The topological polar surface area (TPSA) is 121 Å². The number of ketones is 1. The standard InChI is InChI=1S/C36H66N4O8/c1-12-13-23(2)19-39(10)29(27-20-40(21-27)32(43)26-14-16-38(9)17-15-26)22-46-35(44)36(5,6)31(42)25(4)33(45-11)48-34-30(41)28(37(7)8)18-24(3)47-34/h23-30,33-34,41H,12-22H2,1-11H3/t23-,24-,25+,28+,29+,30-,33-,34+/m1/s1. The maximum Gasteiger partial charge on any atom is 0.319 e. The lowest BCUT2D eigenvalue weighted by Crippen LogP contribution is -2.61. The third kappa shape index (κ3) is 10.2. The van der Waals surface area contributed by atoms with E-state index in [1.54, 1.807) is 20.8 Å². The van der Waals surface area contributed by atoms with Crippen LogP contribution in [0.25, 0.3) is 0 Å². The van der Waals surface area contributed by atoms with Gasteiger partial charge in [-0.2, -0.15) is 0 Å². The molecule has 3 saturated heterocycles. The number of Topliss-reactive ketones (excluding diaryl/α,β-unsaturated/α-hetero) is 1. The molecule has 0 aromatic rings. The first-order valence-corrected chi connectivity index (χ1v) is 18.1. The molecule has 0 spiro atoms. The Hall–Kier alpha value is -1.67. The molecule has 3 aliphatic heterocycles. The Balaban J connectivity index is 1.64. The van der Waals surface area contributed by atoms with Gasteiger partial charge >= 0.3 is 5.97 Å². The summed E-state index contributed by atoms with van der Waals surface area (Å²) in [6.45, 7) is 15.3. The number of hydrogen-bond acceptors (Lipinski definition) is 11. The number of hydrogen-bond donors (Lipinski definition) is 1. The van der Waals surface area contributed by atoms with Crippen molar-refractivity contribution >= 4 is 17.7 Å². The Morgan fingerprint density at radius 2 is 1.71 bits per heavy atom. The van der Waals surface area contributed by atoms with Crippen LogP contribution in [0.4, 0.5) is 0 Å². The molecule has 0 aromatic heterocycles. The number of aliphatic hydroxyl groups excluding tert-OH is 1. The van der Waals surface area contributed by atoms with Crippen LogP contribution in [0.5, 0.6) is 0 Å². The van der Waals surface area contributed by atoms with Crippen LogP contribution in [0, 0.1) is 29.1 Å². The van der Waals surface area contributed by atoms with Gasteiger partial charge in [-0.1, -0.05) is 27.2 Å². The molecule has 48 heavy (non-hydrogen) atoms. The second-order valence-electron chi connectivity index (χ2n) is 15.7. The average molecular weight is 683 g/mol. The van der Waals surface area contributed by atoms with Crippen molar-refractivity contribution in [3.63, 3.8) is 0 Å². The molecule has 12 nitrogen and oxygen atoms in total. The molecule has 0 saturated carbocycles. The molecule has 0 unspecified atom stereocenters. The first-order chi connectivity index (χ1) is 22.5. The number of carbonyl (C=O) groups excluding carboxylic acids is 3. The molecule has 0 aliphatic carbocycles. The number of amides is 1. The van der Waals surface area contributed by atoms with Gasteiger partial charge in [0.25, 0.3) is 0 Å². The van der Waals surface area contributed by atoms with Crippen molar-refractivity contribution in [2.75, 3.05) is 74.6 Å². The molecule has 3 heterocycles. The van der Waals surface area contributed by atoms with Gasteiger partial charge in [0.05, 0.1) is 12.0 Å². The number of likely N-dealkylation sites (tertiary alicyclic amines) is 2. The summed E-state index contributed by atoms with van der Waals surface area (Å²) in [6.07, 6.45) is 1.49. The van der Waals surface area contributed by atoms with E-state index in [1.165, 1.54) is 7.11 Å². The molecule has 8 atom stereocenters. The van der Waals surface area contributed by atoms with Crippen LogP contribution in [0.2, 0.25) is 0 Å². The summed E-state index contributed by atoms with van der Waals surface area (Å²) in [4.78, 5) is 49.1. The zero-order valence-corrected chi connectivity index (χ0v) is 31.6. The Kier molecular flexibility index (Phi) is 15.3. The molecule has 3 aliphatic rings. The fourth-order valence-electron chi connectivity index (χ4n) is 7.58. The van der Waals surface area contributed by atoms with E-state index in [0.29, 0.717) is 25.4 Å². The van der Waals surface area contributed by atoms with Crippen LogP contribution >= 0.6 is 0 Å². The number of carbonyl (C=O) groups is 3. The molecule has 0 bridgehead atoms. The second kappa shape index (κ2) is 18.0. The quantitative estimate of drug-likeness (QED) is 0.139. The molecule has 3 fully saturated rings. The van der Waals surface area contributed by atoms with Gasteiger partial charge in [0.1, 0.15) is 18.1 Å². The third-order valence-corrected chi connectivity index (χ3v) is 10.9. The summed E-state index contributed by atoms with van der Waals surface area (Å²) in [6, 6.07) is -0.260. The molecule has 0 aromatic carbocycles. The lowest BCUT2D eigenvalue weighted by Gasteiger charge is -2.48. The normalized spacial score (nSPS) is 27.4. The smallest absolute Gasteiger partial charge is 0.319 e. The van der Waals surface area contributed by atoms with Crippen LogP contribution in [-0.2, 0) is 33.3 Å². The van der Waals surface area contributed by atoms with Gasteiger partial charge in [-0.05, 0) is 93.7 Å². The van der Waals surface area contributed by atoms with Crippen molar-refractivity contribution in [1.82, 2.24) is 19.6 Å². The molecule has 1 amide bonds. The Bertz CT molecular complexity index is 1050. The van der Waals surface area contributed by atoms with Crippen LogP contribution in [0.3, 0.4) is 0 Å². The van der Waals surface area contributed by atoms with E-state index in [1.807, 2.05) is 30.8 Å². The van der Waals surface area contributed by atoms with Crippen LogP contribution in [-0.4, -0.2) is 154 Å². The average Bonchev–Trinajstić information content (AvgIpc) is 3.01. The van der Waals surface area contributed by atoms with Gasteiger partial charge in [0.2, 0.25) is 5.91 Å². The van der Waals surface area contributed by atoms with Gasteiger partial charge in [0.15, 0.2) is 18.4 Å². The van der Waals surface area contributed by atoms with Crippen molar-refractivity contribution in [1.29, 1.82) is 0 Å². The number of ether oxygens (including phenoxy) is 4. The van der Waals surface area contributed by atoms with Crippen LogP contribution in [0.1, 0.15) is 73.6 Å². The molecule has 278 valence electrons. The first kappa shape index (κ1) is 40.8. The highest BCUT2D eigenvalue weighted by atomic mass is 16.8. The summed E-state index contributed by atoms with van der Waals surface area (Å²) in [5.74, 6) is -0.868. The second-order valence-corrected chi connectivity index (χ2v) is 15.7. The summed E-state index contributed by atoms with van der Waals surface area (Å²) in [5, 5.41) is 10.9. The van der Waals surface area contributed by atoms with Gasteiger partial charge in [-0.3, -0.25) is 19.3 Å². The summed E-state index contributed by atoms with van der Waals surface area (Å²) in [5.41, 5.74) is -1.47. The van der Waals surface area contributed by atoms with Gasteiger partial charge < -0.3 is 38.8 Å². The fourth-order valence-corrected chi connectivity index (χ4v) is 7.58. The van der Waals surface area contributed by atoms with Crippen LogP contribution < -0.4 is 0 Å². The Labute approximate surface area is 289 Å². The van der Waals surface area contributed by atoms with Crippen molar-refractivity contribution < 1.29 is 38.4 Å². The first-order valence-electron chi connectivity index (χ1n) is 18.1. The number of nitrogens with zero attached hydrogens (tertiary/aromatic N) is 4. The summed E-state index contributed by atoms with van der Waals surface area (Å²) < 4.78 is 23.5. The number of rotatable bonds is 17. The highest BCUT2D eigenvalue weighted by Gasteiger charge is 2.47. The van der Waals surface area contributed by atoms with Crippen molar-refractivity contribution in [3.05, 3.63) is 0 Å². The number of aliphatic hydroxyl groups is 1. The SMILES string of the molecule is CCC[C@@H](C)CN(C)[C@@H](COC(=O)C(C)(C)C(=O)[C@H](C)[C@H](OC)O[C@@H]1O[C@H](C)C[C@H](N(C)C)[C@H]1O)C1CN(C(=O)C2CCN(C)CC2)C1. The largest absolute Gasteiger partial charge is 0.463 e. The molecular formula is C36H66N4O8. The minimum Gasteiger partial charge on any atom is -0.463 e. The summed E-state index contributed by atoms with van der Waals surface area (Å²) in [7, 11) is 9.37. The van der Waals surface area contributed by atoms with E-state index in [4.69, 9.17) is 18.9 Å². The lowest BCUT2D eigenvalue weighted by atomic mass is 9.81. The molecule has 3 rings (SSSR count). The van der Waals surface area contributed by atoms with Crippen molar-refractivity contribution in [3.8, 4) is 0 Å². The molecule has 0 radical (unpaired) electrons. The fraction of sp³-hybridized carbons (Fsp3) is 0.917. The molecule has 1 N–H and O–H groups in total. The summed E-state index contributed by atoms with van der Waals surface area (Å²) >= 11 is 0. The van der Waals surface area contributed by atoms with E-state index in [-0.39, 0.29) is 48.3 Å². The Morgan fingerprint density at radius 3 is 2.27 bits per heavy atom. The van der Waals surface area contributed by atoms with Crippen molar-refractivity contribution in [2.24, 2.45) is 29.1 Å². The lowest BCUT2D eigenvalue weighted by molar-refractivity contribution is -0.309. The third-order valence-electron chi connectivity index (χ3n) is 10.9. The van der Waals surface area contributed by atoms with Crippen LogP contribution in [0.15, 0.2) is 0 Å². The number of methoxy groups -OCH3 is 1. The monoisotopic (exact) mass is 682 g/mol. The van der Waals surface area contributed by atoms with Gasteiger partial charge in [-0.25, -0.2) is 0 Å². The van der Waals surface area contributed by atoms with E-state index in [2.05, 4.69) is 37.7 Å². The molecular weight excluding hydrogens is 616 g/mol. The highest BCUT2D eigenvalue weighted by molar-refractivity contribution is 6.04. The maximum absolute atomic E-state index is 13.8. The highest BCUT2D eigenvalue weighted by Crippen LogP contribution is 2.32. The van der Waals surface area contributed by atoms with Gasteiger partial charge in [-0.15, -0.1) is 0 Å². The predicted molar refractivity (Wildman–Crippen MR) is 184 cm³/mol. The van der Waals surface area contributed by atoms with E-state index < -0.39 is 36.0 Å².